The van der Waals surface area contributed by atoms with E-state index in [0.717, 1.165) is 12.8 Å². The van der Waals surface area contributed by atoms with Gasteiger partial charge in [-0.1, -0.05) is 19.1 Å². The Labute approximate surface area is 128 Å². The van der Waals surface area contributed by atoms with Gasteiger partial charge in [-0.25, -0.2) is 4.98 Å². The number of imidazole rings is 1. The minimum absolute atomic E-state index is 0.0350. The van der Waals surface area contributed by atoms with Crippen LogP contribution in [0.5, 0.6) is 5.88 Å². The van der Waals surface area contributed by atoms with Crippen molar-refractivity contribution in [3.05, 3.63) is 18.5 Å². The summed E-state index contributed by atoms with van der Waals surface area (Å²) in [5, 5.41) is 9.27. The third-order valence-corrected chi connectivity index (χ3v) is 4.04. The van der Waals surface area contributed by atoms with E-state index < -0.39 is 0 Å². The molecule has 2 heterocycles. The second-order valence-corrected chi connectivity index (χ2v) is 5.68. The van der Waals surface area contributed by atoms with Crippen LogP contribution in [-0.4, -0.2) is 37.3 Å². The van der Waals surface area contributed by atoms with E-state index >= 15 is 0 Å². The molecule has 7 nitrogen and oxygen atoms in total. The average molecular weight is 303 g/mol. The van der Waals surface area contributed by atoms with Crippen molar-refractivity contribution >= 4 is 17.1 Å². The summed E-state index contributed by atoms with van der Waals surface area (Å²) in [6, 6.07) is 0.118. The van der Waals surface area contributed by atoms with Gasteiger partial charge in [-0.2, -0.15) is 9.97 Å². The number of aromatic nitrogens is 4. The van der Waals surface area contributed by atoms with Gasteiger partial charge in [-0.3, -0.25) is 0 Å². The van der Waals surface area contributed by atoms with Crippen LogP contribution in [0.15, 0.2) is 18.5 Å². The lowest BCUT2D eigenvalue weighted by molar-refractivity contribution is 0.211. The van der Waals surface area contributed by atoms with Crippen LogP contribution >= 0.6 is 0 Å². The lowest BCUT2D eigenvalue weighted by atomic mass is 10.1. The maximum atomic E-state index is 9.27. The zero-order valence-corrected chi connectivity index (χ0v) is 12.8. The molecule has 118 valence electrons. The Hall–Kier alpha value is -2.15. The van der Waals surface area contributed by atoms with Crippen molar-refractivity contribution in [2.24, 2.45) is 5.92 Å². The number of hydrogen-bond acceptors (Lipinski definition) is 6. The van der Waals surface area contributed by atoms with Crippen molar-refractivity contribution in [2.75, 3.05) is 12.3 Å². The molecule has 0 bridgehead atoms. The normalized spacial score (nSPS) is 22.3. The summed E-state index contributed by atoms with van der Waals surface area (Å²) < 4.78 is 7.77. The van der Waals surface area contributed by atoms with Gasteiger partial charge in [-0.15, -0.1) is 0 Å². The highest BCUT2D eigenvalue weighted by Crippen LogP contribution is 2.32. The van der Waals surface area contributed by atoms with Crippen LogP contribution in [0.3, 0.4) is 0 Å². The van der Waals surface area contributed by atoms with Crippen LogP contribution < -0.4 is 10.5 Å². The van der Waals surface area contributed by atoms with Crippen LogP contribution in [0.4, 0.5) is 5.95 Å². The molecule has 0 aromatic carbocycles. The molecule has 0 spiro atoms. The van der Waals surface area contributed by atoms with E-state index in [1.807, 2.05) is 24.5 Å². The highest BCUT2D eigenvalue weighted by atomic mass is 16.5. The Morgan fingerprint density at radius 1 is 1.45 bits per heavy atom. The molecule has 0 aliphatic heterocycles. The minimum atomic E-state index is 0.0350. The zero-order valence-electron chi connectivity index (χ0n) is 12.8. The van der Waals surface area contributed by atoms with Crippen molar-refractivity contribution in [2.45, 2.75) is 38.8 Å². The van der Waals surface area contributed by atoms with Gasteiger partial charge in [0.05, 0.1) is 18.5 Å². The molecule has 3 N–H and O–H groups in total. The summed E-state index contributed by atoms with van der Waals surface area (Å²) in [6.07, 6.45) is 7.56. The van der Waals surface area contributed by atoms with Gasteiger partial charge in [0, 0.05) is 12.5 Å². The molecule has 0 radical (unpaired) electrons. The average Bonchev–Trinajstić information content (AvgIpc) is 3.12. The number of allylic oxidation sites excluding steroid dienone is 1. The summed E-state index contributed by atoms with van der Waals surface area (Å²) in [5.41, 5.74) is 7.11. The van der Waals surface area contributed by atoms with Gasteiger partial charge in [0.2, 0.25) is 11.8 Å². The second-order valence-electron chi connectivity index (χ2n) is 5.68. The molecule has 3 rings (SSSR count). The molecule has 2 aromatic rings. The van der Waals surface area contributed by atoms with Crippen LogP contribution in [0.25, 0.3) is 11.2 Å². The van der Waals surface area contributed by atoms with E-state index in [1.54, 1.807) is 6.33 Å². The van der Waals surface area contributed by atoms with Gasteiger partial charge in [-0.05, 0) is 19.8 Å². The van der Waals surface area contributed by atoms with Gasteiger partial charge in [0.15, 0.2) is 11.2 Å². The largest absolute Gasteiger partial charge is 0.473 e. The molecule has 0 saturated carbocycles. The van der Waals surface area contributed by atoms with Crippen molar-refractivity contribution in [3.8, 4) is 5.88 Å². The standard InChI is InChI=1S/C15H21N5O2/c1-3-9(2)22-14-12-13(18-15(16)19-14)20(8-17-12)11-5-4-10(6-11)7-21/h4-5,8-11,21H,3,6-7H2,1-2H3,(H2,16,18,19)/t9-,10+,11-/m1/s1. The molecule has 7 heteroatoms. The third-order valence-electron chi connectivity index (χ3n) is 4.04. The molecule has 0 saturated heterocycles. The van der Waals surface area contributed by atoms with E-state index in [2.05, 4.69) is 21.0 Å². The number of nitrogen functional groups attached to an aromatic ring is 1. The maximum absolute atomic E-state index is 9.27. The number of nitrogens with zero attached hydrogens (tertiary/aromatic N) is 4. The molecule has 1 aliphatic carbocycles. The number of aliphatic hydroxyl groups excluding tert-OH is 1. The van der Waals surface area contributed by atoms with Gasteiger partial charge in [0.25, 0.3) is 0 Å². The number of hydrogen-bond donors (Lipinski definition) is 2. The molecule has 0 amide bonds. The van der Waals surface area contributed by atoms with Crippen LogP contribution in [0, 0.1) is 5.92 Å². The summed E-state index contributed by atoms with van der Waals surface area (Å²) in [5.74, 6) is 0.780. The second kappa shape index (κ2) is 5.92. The third kappa shape index (κ3) is 2.64. The highest BCUT2D eigenvalue weighted by molar-refractivity contribution is 5.77. The lowest BCUT2D eigenvalue weighted by Gasteiger charge is -2.14. The van der Waals surface area contributed by atoms with Gasteiger partial charge in [0.1, 0.15) is 0 Å². The van der Waals surface area contributed by atoms with E-state index in [0.29, 0.717) is 17.0 Å². The van der Waals surface area contributed by atoms with E-state index in [1.165, 1.54) is 0 Å². The van der Waals surface area contributed by atoms with E-state index in [-0.39, 0.29) is 30.6 Å². The first-order valence-corrected chi connectivity index (χ1v) is 7.58. The Morgan fingerprint density at radius 2 is 2.27 bits per heavy atom. The smallest absolute Gasteiger partial charge is 0.247 e. The quantitative estimate of drug-likeness (QED) is 0.816. The molecule has 0 fully saturated rings. The predicted octanol–water partition coefficient (Wildman–Crippen LogP) is 1.70. The molecule has 0 unspecified atom stereocenters. The fourth-order valence-electron chi connectivity index (χ4n) is 2.60. The first kappa shape index (κ1) is 14.8. The minimum Gasteiger partial charge on any atom is -0.473 e. The molecular formula is C15H21N5O2. The van der Waals surface area contributed by atoms with Gasteiger partial charge < -0.3 is 20.1 Å². The Kier molecular flexibility index (Phi) is 3.98. The molecule has 2 aromatic heterocycles. The Bertz CT molecular complexity index is 697. The number of aliphatic hydroxyl groups is 1. The fraction of sp³-hybridized carbons (Fsp3) is 0.533. The SMILES string of the molecule is CC[C@@H](C)Oc1nc(N)nc2c1ncn2[C@@H]1C=C[C@H](CO)C1. The van der Waals surface area contributed by atoms with Crippen molar-refractivity contribution < 1.29 is 9.84 Å². The number of rotatable bonds is 5. The fourth-order valence-corrected chi connectivity index (χ4v) is 2.60. The summed E-state index contributed by atoms with van der Waals surface area (Å²) in [4.78, 5) is 12.9. The molecule has 1 aliphatic rings. The molecule has 22 heavy (non-hydrogen) atoms. The van der Waals surface area contributed by atoms with Crippen LogP contribution in [-0.2, 0) is 0 Å². The molecular weight excluding hydrogens is 282 g/mol. The van der Waals surface area contributed by atoms with Crippen LogP contribution in [0.2, 0.25) is 0 Å². The lowest BCUT2D eigenvalue weighted by Crippen LogP contribution is -2.13. The van der Waals surface area contributed by atoms with Crippen LogP contribution in [0.1, 0.15) is 32.7 Å². The Balaban J connectivity index is 1.99. The topological polar surface area (TPSA) is 99.1 Å². The maximum Gasteiger partial charge on any atom is 0.247 e. The number of anilines is 1. The number of nitrogens with two attached hydrogens (primary N) is 1. The summed E-state index contributed by atoms with van der Waals surface area (Å²) in [6.45, 7) is 4.18. The summed E-state index contributed by atoms with van der Waals surface area (Å²) in [7, 11) is 0. The van der Waals surface area contributed by atoms with Crippen molar-refractivity contribution in [3.63, 3.8) is 0 Å². The predicted molar refractivity (Wildman–Crippen MR) is 83.5 cm³/mol. The monoisotopic (exact) mass is 303 g/mol. The zero-order chi connectivity index (χ0) is 15.7. The van der Waals surface area contributed by atoms with Gasteiger partial charge >= 0.3 is 0 Å². The van der Waals surface area contributed by atoms with E-state index in [9.17, 15) is 5.11 Å². The van der Waals surface area contributed by atoms with Crippen molar-refractivity contribution in [1.82, 2.24) is 19.5 Å². The number of ether oxygens (including phenoxy) is 1. The Morgan fingerprint density at radius 3 is 2.95 bits per heavy atom. The first-order chi connectivity index (χ1) is 10.6. The number of fused-ring (bicyclic) bond motifs is 1. The summed E-state index contributed by atoms with van der Waals surface area (Å²) >= 11 is 0. The highest BCUT2D eigenvalue weighted by Gasteiger charge is 2.23. The van der Waals surface area contributed by atoms with Crippen molar-refractivity contribution in [1.29, 1.82) is 0 Å². The first-order valence-electron chi connectivity index (χ1n) is 7.58. The molecule has 3 atom stereocenters. The van der Waals surface area contributed by atoms with E-state index in [4.69, 9.17) is 10.5 Å².